The minimum atomic E-state index is -4.64. The van der Waals surface area contributed by atoms with E-state index in [-0.39, 0.29) is 11.3 Å². The lowest BCUT2D eigenvalue weighted by Crippen LogP contribution is -2.34. The first-order valence-electron chi connectivity index (χ1n) is 10.4. The Kier molecular flexibility index (Phi) is 8.80. The molecular formula is C25H19ClF3N3O4. The number of anilines is 1. The molecule has 186 valence electrons. The molecule has 11 heteroatoms. The number of halogens is 4. The van der Waals surface area contributed by atoms with E-state index < -0.39 is 42.7 Å². The zero-order valence-electron chi connectivity index (χ0n) is 18.5. The number of rotatable bonds is 8. The average molecular weight is 518 g/mol. The van der Waals surface area contributed by atoms with Crippen LogP contribution in [0.25, 0.3) is 0 Å². The Morgan fingerprint density at radius 3 is 2.33 bits per heavy atom. The van der Waals surface area contributed by atoms with Crippen molar-refractivity contribution in [3.05, 3.63) is 101 Å². The number of hydrogen-bond donors (Lipinski definition) is 1. The molecule has 0 atom stereocenters. The van der Waals surface area contributed by atoms with E-state index in [2.05, 4.69) is 10.4 Å². The van der Waals surface area contributed by atoms with Gasteiger partial charge in [-0.2, -0.15) is 23.3 Å². The predicted molar refractivity (Wildman–Crippen MR) is 128 cm³/mol. The summed E-state index contributed by atoms with van der Waals surface area (Å²) in [5.74, 6) is -2.39. The van der Waals surface area contributed by atoms with Gasteiger partial charge in [-0.05, 0) is 48.0 Å². The van der Waals surface area contributed by atoms with Crippen molar-refractivity contribution in [1.82, 2.24) is 5.32 Å². The Morgan fingerprint density at radius 2 is 1.67 bits per heavy atom. The van der Waals surface area contributed by atoms with E-state index in [0.717, 1.165) is 18.2 Å². The summed E-state index contributed by atoms with van der Waals surface area (Å²) in [4.78, 5) is 36.9. The maximum atomic E-state index is 13.2. The summed E-state index contributed by atoms with van der Waals surface area (Å²) < 4.78 is 44.4. The fourth-order valence-corrected chi connectivity index (χ4v) is 2.99. The van der Waals surface area contributed by atoms with E-state index in [4.69, 9.17) is 16.3 Å². The van der Waals surface area contributed by atoms with Gasteiger partial charge in [0.15, 0.2) is 6.61 Å². The van der Waals surface area contributed by atoms with Crippen molar-refractivity contribution in [2.75, 3.05) is 18.2 Å². The van der Waals surface area contributed by atoms with Crippen molar-refractivity contribution in [3.63, 3.8) is 0 Å². The third kappa shape index (κ3) is 7.67. The molecule has 0 radical (unpaired) electrons. The van der Waals surface area contributed by atoms with Crippen LogP contribution in [0.5, 0.6) is 0 Å². The fourth-order valence-electron chi connectivity index (χ4n) is 2.86. The van der Waals surface area contributed by atoms with Crippen molar-refractivity contribution < 1.29 is 32.3 Å². The molecule has 3 aromatic carbocycles. The molecule has 0 saturated carbocycles. The van der Waals surface area contributed by atoms with Crippen LogP contribution in [0, 0.1) is 0 Å². The number of amides is 2. The highest BCUT2D eigenvalue weighted by atomic mass is 35.5. The van der Waals surface area contributed by atoms with E-state index >= 15 is 0 Å². The fraction of sp³-hybridized carbons (Fsp3) is 0.120. The second kappa shape index (κ2) is 12.0. The van der Waals surface area contributed by atoms with Crippen molar-refractivity contribution in [2.24, 2.45) is 5.10 Å². The van der Waals surface area contributed by atoms with Crippen molar-refractivity contribution >= 4 is 41.3 Å². The molecule has 0 aliphatic carbocycles. The number of hydrazone groups is 1. The van der Waals surface area contributed by atoms with Crippen LogP contribution in [-0.2, 0) is 20.5 Å². The van der Waals surface area contributed by atoms with Crippen LogP contribution in [0.4, 0.5) is 18.9 Å². The maximum absolute atomic E-state index is 13.2. The Hall–Kier alpha value is -4.18. The first-order chi connectivity index (χ1) is 17.1. The Bertz CT molecular complexity index is 1250. The quantitative estimate of drug-likeness (QED) is 0.266. The molecule has 0 aliphatic heterocycles. The predicted octanol–water partition coefficient (Wildman–Crippen LogP) is 4.70. The van der Waals surface area contributed by atoms with Gasteiger partial charge in [0.1, 0.15) is 6.54 Å². The second-order valence-electron chi connectivity index (χ2n) is 7.26. The van der Waals surface area contributed by atoms with Crippen molar-refractivity contribution in [2.45, 2.75) is 6.18 Å². The maximum Gasteiger partial charge on any atom is 0.416 e. The largest absolute Gasteiger partial charge is 0.454 e. The van der Waals surface area contributed by atoms with Crippen LogP contribution in [0.1, 0.15) is 21.5 Å². The highest BCUT2D eigenvalue weighted by Gasteiger charge is 2.31. The van der Waals surface area contributed by atoms with Gasteiger partial charge < -0.3 is 10.1 Å². The number of benzene rings is 3. The lowest BCUT2D eigenvalue weighted by molar-refractivity contribution is -0.146. The molecule has 36 heavy (non-hydrogen) atoms. The molecule has 0 fully saturated rings. The normalized spacial score (nSPS) is 11.2. The zero-order valence-corrected chi connectivity index (χ0v) is 19.3. The number of hydrogen-bond acceptors (Lipinski definition) is 5. The smallest absolute Gasteiger partial charge is 0.416 e. The lowest BCUT2D eigenvalue weighted by Gasteiger charge is -2.18. The molecule has 0 aromatic heterocycles. The molecule has 1 N–H and O–H groups in total. The van der Waals surface area contributed by atoms with Gasteiger partial charge in [0.25, 0.3) is 11.8 Å². The summed E-state index contributed by atoms with van der Waals surface area (Å²) in [6.45, 7) is -1.36. The van der Waals surface area contributed by atoms with E-state index in [9.17, 15) is 27.6 Å². The summed E-state index contributed by atoms with van der Waals surface area (Å²) in [6.07, 6.45) is -3.35. The molecule has 0 heterocycles. The van der Waals surface area contributed by atoms with Crippen LogP contribution >= 0.6 is 11.6 Å². The number of alkyl halides is 3. The lowest BCUT2D eigenvalue weighted by atomic mass is 10.2. The molecule has 2 amide bonds. The van der Waals surface area contributed by atoms with E-state index in [1.165, 1.54) is 36.5 Å². The first-order valence-corrected chi connectivity index (χ1v) is 10.8. The highest BCUT2D eigenvalue weighted by Crippen LogP contribution is 2.31. The topological polar surface area (TPSA) is 88.1 Å². The minimum absolute atomic E-state index is 0.172. The standard InChI is InChI=1S/C25H19ClF3N3O4/c26-20-11-9-18(10-12-20)24(35)30-15-23(34)36-16-22(33)32(31-14-17-5-2-1-3-6-17)21-8-4-7-19(13-21)25(27,28)29/h1-14H,15-16H2,(H,30,35). The van der Waals surface area contributed by atoms with E-state index in [0.29, 0.717) is 15.6 Å². The van der Waals surface area contributed by atoms with Crippen LogP contribution in [-0.4, -0.2) is 37.1 Å². The first kappa shape index (κ1) is 26.4. The van der Waals surface area contributed by atoms with Gasteiger partial charge in [-0.3, -0.25) is 14.4 Å². The third-order valence-corrected chi connectivity index (χ3v) is 4.88. The van der Waals surface area contributed by atoms with Crippen LogP contribution < -0.4 is 10.3 Å². The summed E-state index contributed by atoms with van der Waals surface area (Å²) in [5, 5.41) is 7.49. The van der Waals surface area contributed by atoms with Gasteiger partial charge in [-0.1, -0.05) is 48.0 Å². The summed E-state index contributed by atoms with van der Waals surface area (Å²) >= 11 is 5.77. The van der Waals surface area contributed by atoms with Gasteiger partial charge in [0.2, 0.25) is 0 Å². The second-order valence-corrected chi connectivity index (χ2v) is 7.70. The molecule has 0 unspecified atom stereocenters. The molecule has 0 saturated heterocycles. The Balaban J connectivity index is 1.68. The molecule has 3 aromatic rings. The molecule has 0 aliphatic rings. The highest BCUT2D eigenvalue weighted by molar-refractivity contribution is 6.30. The Labute approximate surface area is 209 Å². The molecule has 7 nitrogen and oxygen atoms in total. The van der Waals surface area contributed by atoms with E-state index in [1.54, 1.807) is 30.3 Å². The zero-order chi connectivity index (χ0) is 26.1. The number of carbonyl (C=O) groups is 3. The number of carbonyl (C=O) groups excluding carboxylic acids is 3. The van der Waals surface area contributed by atoms with Crippen LogP contribution in [0.2, 0.25) is 5.02 Å². The minimum Gasteiger partial charge on any atom is -0.454 e. The summed E-state index contributed by atoms with van der Waals surface area (Å²) in [7, 11) is 0. The SMILES string of the molecule is O=C(CNC(=O)c1ccc(Cl)cc1)OCC(=O)N(N=Cc1ccccc1)c1cccc(C(F)(F)F)c1. The average Bonchev–Trinajstić information content (AvgIpc) is 2.87. The third-order valence-electron chi connectivity index (χ3n) is 4.63. The molecule has 3 rings (SSSR count). The number of nitrogens with one attached hydrogen (secondary N) is 1. The van der Waals surface area contributed by atoms with Crippen molar-refractivity contribution in [1.29, 1.82) is 0 Å². The number of esters is 1. The van der Waals surface area contributed by atoms with Gasteiger partial charge in [-0.25, -0.2) is 0 Å². The van der Waals surface area contributed by atoms with E-state index in [1.807, 2.05) is 0 Å². The van der Waals surface area contributed by atoms with Crippen LogP contribution in [0.3, 0.4) is 0 Å². The van der Waals surface area contributed by atoms with Gasteiger partial charge in [0, 0.05) is 10.6 Å². The summed E-state index contributed by atoms with van der Waals surface area (Å²) in [6, 6.07) is 18.5. The Morgan fingerprint density at radius 1 is 0.972 bits per heavy atom. The van der Waals surface area contributed by atoms with Crippen LogP contribution in [0.15, 0.2) is 84.0 Å². The number of nitrogens with zero attached hydrogens (tertiary/aromatic N) is 2. The molecule has 0 bridgehead atoms. The molecular weight excluding hydrogens is 499 g/mol. The van der Waals surface area contributed by atoms with Gasteiger partial charge in [-0.15, -0.1) is 0 Å². The molecule has 0 spiro atoms. The van der Waals surface area contributed by atoms with Gasteiger partial charge in [0.05, 0.1) is 17.5 Å². The summed E-state index contributed by atoms with van der Waals surface area (Å²) in [5.41, 5.74) is -0.304. The van der Waals surface area contributed by atoms with Gasteiger partial charge >= 0.3 is 12.1 Å². The monoisotopic (exact) mass is 517 g/mol. The van der Waals surface area contributed by atoms with Crippen molar-refractivity contribution in [3.8, 4) is 0 Å². The number of ether oxygens (including phenoxy) is 1.